The molecule has 0 aliphatic heterocycles. The fourth-order valence-electron chi connectivity index (χ4n) is 2.05. The van der Waals surface area contributed by atoms with E-state index < -0.39 is 0 Å². The zero-order valence-electron chi connectivity index (χ0n) is 11.0. The molecule has 0 saturated carbocycles. The number of thiophene rings is 1. The van der Waals surface area contributed by atoms with Crippen molar-refractivity contribution in [3.63, 3.8) is 0 Å². The Balaban J connectivity index is 2.05. The normalized spacial score (nSPS) is 11.3. The lowest BCUT2D eigenvalue weighted by Crippen LogP contribution is -2.13. The maximum atomic E-state index is 4.63. The molecular weight excluding hydrogens is 254 g/mol. The second-order valence-electron chi connectivity index (χ2n) is 4.76. The average Bonchev–Trinajstić information content (AvgIpc) is 2.82. The first-order valence-electron chi connectivity index (χ1n) is 6.17. The van der Waals surface area contributed by atoms with Crippen molar-refractivity contribution in [3.8, 4) is 11.1 Å². The first-order chi connectivity index (χ1) is 9.24. The summed E-state index contributed by atoms with van der Waals surface area (Å²) >= 11 is 1.68. The van der Waals surface area contributed by atoms with E-state index in [0.29, 0.717) is 0 Å². The Morgan fingerprint density at radius 1 is 1.16 bits per heavy atom. The van der Waals surface area contributed by atoms with E-state index in [9.17, 15) is 0 Å². The van der Waals surface area contributed by atoms with Gasteiger partial charge in [0.1, 0.15) is 10.7 Å². The average molecular weight is 269 g/mol. The molecule has 0 radical (unpaired) electrons. The van der Waals surface area contributed by atoms with Crippen LogP contribution in [0.5, 0.6) is 0 Å². The number of hydrogen-bond acceptors (Lipinski definition) is 4. The molecule has 0 bridgehead atoms. The Kier molecular flexibility index (Phi) is 3.27. The molecule has 19 heavy (non-hydrogen) atoms. The molecule has 96 valence electrons. The highest BCUT2D eigenvalue weighted by Crippen LogP contribution is 2.32. The SMILES string of the molecule is CN(C)Cc1ncc2c(-c3ccccc3)csc2n1. The minimum atomic E-state index is 0.772. The standard InChI is InChI=1S/C15H15N3S/c1-18(2)9-14-16-8-12-13(10-19-15(12)17-14)11-6-4-3-5-7-11/h3-8,10H,9H2,1-2H3. The summed E-state index contributed by atoms with van der Waals surface area (Å²) in [6.45, 7) is 0.772. The first kappa shape index (κ1) is 12.3. The summed E-state index contributed by atoms with van der Waals surface area (Å²) < 4.78 is 0. The van der Waals surface area contributed by atoms with Gasteiger partial charge in [-0.05, 0) is 19.7 Å². The zero-order chi connectivity index (χ0) is 13.2. The van der Waals surface area contributed by atoms with Crippen molar-refractivity contribution >= 4 is 21.6 Å². The van der Waals surface area contributed by atoms with Crippen molar-refractivity contribution in [2.24, 2.45) is 0 Å². The van der Waals surface area contributed by atoms with Crippen LogP contribution in [-0.2, 0) is 6.54 Å². The molecule has 0 spiro atoms. The summed E-state index contributed by atoms with van der Waals surface area (Å²) in [6, 6.07) is 10.4. The fourth-order valence-corrected chi connectivity index (χ4v) is 2.99. The van der Waals surface area contributed by atoms with Gasteiger partial charge in [0.05, 0.1) is 6.54 Å². The fraction of sp³-hybridized carbons (Fsp3) is 0.200. The summed E-state index contributed by atoms with van der Waals surface area (Å²) in [5.74, 6) is 0.874. The second-order valence-corrected chi connectivity index (χ2v) is 5.62. The van der Waals surface area contributed by atoms with E-state index in [2.05, 4.69) is 44.5 Å². The van der Waals surface area contributed by atoms with E-state index in [4.69, 9.17) is 0 Å². The third-order valence-electron chi connectivity index (χ3n) is 2.92. The summed E-state index contributed by atoms with van der Waals surface area (Å²) in [4.78, 5) is 12.2. The van der Waals surface area contributed by atoms with Crippen LogP contribution in [-0.4, -0.2) is 29.0 Å². The molecule has 3 rings (SSSR count). The summed E-state index contributed by atoms with van der Waals surface area (Å²) in [6.07, 6.45) is 1.94. The van der Waals surface area contributed by atoms with Crippen LogP contribution in [0.1, 0.15) is 5.82 Å². The lowest BCUT2D eigenvalue weighted by molar-refractivity contribution is 0.391. The molecule has 0 atom stereocenters. The molecule has 0 saturated heterocycles. The monoisotopic (exact) mass is 269 g/mol. The maximum absolute atomic E-state index is 4.63. The van der Waals surface area contributed by atoms with Crippen molar-refractivity contribution in [1.82, 2.24) is 14.9 Å². The number of rotatable bonds is 3. The quantitative estimate of drug-likeness (QED) is 0.729. The molecule has 3 aromatic rings. The molecule has 1 aromatic carbocycles. The third-order valence-corrected chi connectivity index (χ3v) is 3.81. The number of aromatic nitrogens is 2. The van der Waals surface area contributed by atoms with Gasteiger partial charge in [-0.25, -0.2) is 9.97 Å². The van der Waals surface area contributed by atoms with E-state index in [-0.39, 0.29) is 0 Å². The van der Waals surface area contributed by atoms with Crippen LogP contribution in [0.25, 0.3) is 21.3 Å². The van der Waals surface area contributed by atoms with E-state index in [0.717, 1.165) is 22.6 Å². The third kappa shape index (κ3) is 2.50. The van der Waals surface area contributed by atoms with Gasteiger partial charge in [-0.3, -0.25) is 0 Å². The van der Waals surface area contributed by atoms with Gasteiger partial charge in [0.25, 0.3) is 0 Å². The van der Waals surface area contributed by atoms with Crippen molar-refractivity contribution in [3.05, 3.63) is 47.7 Å². The van der Waals surface area contributed by atoms with Crippen LogP contribution >= 0.6 is 11.3 Å². The summed E-state index contributed by atoms with van der Waals surface area (Å²) in [5, 5.41) is 3.30. The number of hydrogen-bond donors (Lipinski definition) is 0. The van der Waals surface area contributed by atoms with Gasteiger partial charge in [-0.15, -0.1) is 11.3 Å². The van der Waals surface area contributed by atoms with Gasteiger partial charge in [0.15, 0.2) is 0 Å². The predicted molar refractivity (Wildman–Crippen MR) is 80.2 cm³/mol. The first-order valence-corrected chi connectivity index (χ1v) is 7.05. The van der Waals surface area contributed by atoms with Gasteiger partial charge < -0.3 is 4.90 Å². The van der Waals surface area contributed by atoms with Crippen molar-refractivity contribution in [2.75, 3.05) is 14.1 Å². The van der Waals surface area contributed by atoms with Crippen LogP contribution in [0.4, 0.5) is 0 Å². The van der Waals surface area contributed by atoms with Gasteiger partial charge in [-0.2, -0.15) is 0 Å². The Hall–Kier alpha value is -1.78. The van der Waals surface area contributed by atoms with Crippen molar-refractivity contribution < 1.29 is 0 Å². The van der Waals surface area contributed by atoms with Gasteiger partial charge in [-0.1, -0.05) is 30.3 Å². The smallest absolute Gasteiger partial charge is 0.143 e. The van der Waals surface area contributed by atoms with E-state index in [1.54, 1.807) is 11.3 Å². The molecule has 0 fully saturated rings. The molecular formula is C15H15N3S. The van der Waals surface area contributed by atoms with Crippen LogP contribution in [0.3, 0.4) is 0 Å². The van der Waals surface area contributed by atoms with E-state index in [1.807, 2.05) is 26.4 Å². The summed E-state index contributed by atoms with van der Waals surface area (Å²) in [7, 11) is 4.05. The number of nitrogens with zero attached hydrogens (tertiary/aromatic N) is 3. The van der Waals surface area contributed by atoms with Gasteiger partial charge >= 0.3 is 0 Å². The van der Waals surface area contributed by atoms with Gasteiger partial charge in [0.2, 0.25) is 0 Å². The molecule has 2 aromatic heterocycles. The van der Waals surface area contributed by atoms with E-state index >= 15 is 0 Å². The number of fused-ring (bicyclic) bond motifs is 1. The molecule has 4 heteroatoms. The Bertz CT molecular complexity index is 689. The highest BCUT2D eigenvalue weighted by Gasteiger charge is 2.09. The topological polar surface area (TPSA) is 29.0 Å². The minimum Gasteiger partial charge on any atom is -0.302 e. The van der Waals surface area contributed by atoms with Crippen LogP contribution in [0, 0.1) is 0 Å². The molecule has 0 unspecified atom stereocenters. The number of benzene rings is 1. The lowest BCUT2D eigenvalue weighted by Gasteiger charge is -2.07. The highest BCUT2D eigenvalue weighted by atomic mass is 32.1. The lowest BCUT2D eigenvalue weighted by atomic mass is 10.1. The molecule has 0 aliphatic rings. The molecule has 0 amide bonds. The maximum Gasteiger partial charge on any atom is 0.143 e. The Morgan fingerprint density at radius 3 is 2.68 bits per heavy atom. The zero-order valence-corrected chi connectivity index (χ0v) is 11.8. The Labute approximate surface area is 116 Å². The second kappa shape index (κ2) is 5.07. The van der Waals surface area contributed by atoms with E-state index in [1.165, 1.54) is 11.1 Å². The molecule has 3 nitrogen and oxygen atoms in total. The largest absolute Gasteiger partial charge is 0.302 e. The van der Waals surface area contributed by atoms with Crippen molar-refractivity contribution in [1.29, 1.82) is 0 Å². The molecule has 0 N–H and O–H groups in total. The van der Waals surface area contributed by atoms with Crippen molar-refractivity contribution in [2.45, 2.75) is 6.54 Å². The minimum absolute atomic E-state index is 0.772. The van der Waals surface area contributed by atoms with Crippen LogP contribution in [0.15, 0.2) is 41.9 Å². The Morgan fingerprint density at radius 2 is 1.95 bits per heavy atom. The van der Waals surface area contributed by atoms with Gasteiger partial charge in [0, 0.05) is 22.5 Å². The van der Waals surface area contributed by atoms with Crippen LogP contribution in [0.2, 0.25) is 0 Å². The molecule has 0 aliphatic carbocycles. The predicted octanol–water partition coefficient (Wildman–Crippen LogP) is 3.42. The summed E-state index contributed by atoms with van der Waals surface area (Å²) in [5.41, 5.74) is 2.44. The molecule has 2 heterocycles. The highest BCUT2D eigenvalue weighted by molar-refractivity contribution is 7.17. The van der Waals surface area contributed by atoms with Crippen LogP contribution < -0.4 is 0 Å².